The fraction of sp³-hybridized carbons (Fsp3) is 0.278. The molecule has 3 rings (SSSR count). The maximum Gasteiger partial charge on any atom is 0.314 e. The van der Waals surface area contributed by atoms with Crippen LogP contribution < -0.4 is 0 Å². The van der Waals surface area contributed by atoms with Crippen LogP contribution in [0.5, 0.6) is 0 Å². The number of carbonyl (C=O) groups is 1. The maximum absolute atomic E-state index is 12.4. The van der Waals surface area contributed by atoms with Crippen LogP contribution in [0.25, 0.3) is 0 Å². The van der Waals surface area contributed by atoms with Gasteiger partial charge in [-0.1, -0.05) is 60.7 Å². The second kappa shape index (κ2) is 5.91. The van der Waals surface area contributed by atoms with Gasteiger partial charge in [-0.25, -0.2) is 0 Å². The molecule has 1 fully saturated rings. The molecule has 20 heavy (non-hydrogen) atoms. The first-order valence-electron chi connectivity index (χ1n) is 7.15. The molecule has 1 saturated heterocycles. The van der Waals surface area contributed by atoms with Crippen molar-refractivity contribution in [2.24, 2.45) is 0 Å². The zero-order chi connectivity index (χ0) is 13.8. The second-order valence-corrected chi connectivity index (χ2v) is 5.23. The van der Waals surface area contributed by atoms with E-state index in [0.29, 0.717) is 0 Å². The van der Waals surface area contributed by atoms with Gasteiger partial charge in [0, 0.05) is 0 Å². The Bertz CT molecular complexity index is 562. The van der Waals surface area contributed by atoms with E-state index >= 15 is 0 Å². The van der Waals surface area contributed by atoms with Crippen molar-refractivity contribution >= 4 is 5.97 Å². The molecule has 2 aromatic rings. The van der Waals surface area contributed by atoms with Crippen LogP contribution in [0, 0.1) is 0 Å². The first-order valence-corrected chi connectivity index (χ1v) is 7.15. The molecular weight excluding hydrogens is 248 g/mol. The van der Waals surface area contributed by atoms with Gasteiger partial charge in [0.15, 0.2) is 0 Å². The van der Waals surface area contributed by atoms with Gasteiger partial charge in [0.25, 0.3) is 0 Å². The molecule has 0 aliphatic carbocycles. The number of esters is 1. The molecule has 2 aromatic carbocycles. The SMILES string of the molecule is O=C1O[C@@H](c2ccccc2)CCC[C@H]1c1ccccc1. The van der Waals surface area contributed by atoms with Gasteiger partial charge >= 0.3 is 5.97 Å². The predicted octanol–water partition coefficient (Wildman–Crippen LogP) is 4.24. The van der Waals surface area contributed by atoms with Gasteiger partial charge in [0.1, 0.15) is 6.10 Å². The highest BCUT2D eigenvalue weighted by molar-refractivity contribution is 5.78. The van der Waals surface area contributed by atoms with Crippen molar-refractivity contribution in [1.82, 2.24) is 0 Å². The fourth-order valence-electron chi connectivity index (χ4n) is 2.80. The minimum Gasteiger partial charge on any atom is -0.457 e. The Morgan fingerprint density at radius 1 is 0.800 bits per heavy atom. The average Bonchev–Trinajstić information content (AvgIpc) is 2.71. The molecule has 2 heteroatoms. The third-order valence-corrected chi connectivity index (χ3v) is 3.88. The summed E-state index contributed by atoms with van der Waals surface area (Å²) in [5.74, 6) is -0.215. The first-order chi connectivity index (χ1) is 9.84. The van der Waals surface area contributed by atoms with Crippen LogP contribution >= 0.6 is 0 Å². The van der Waals surface area contributed by atoms with E-state index < -0.39 is 0 Å². The lowest BCUT2D eigenvalue weighted by atomic mass is 9.94. The Morgan fingerprint density at radius 3 is 2.05 bits per heavy atom. The van der Waals surface area contributed by atoms with Crippen LogP contribution in [0.3, 0.4) is 0 Å². The molecule has 0 aromatic heterocycles. The van der Waals surface area contributed by atoms with Crippen LogP contribution in [0.4, 0.5) is 0 Å². The van der Waals surface area contributed by atoms with E-state index in [1.54, 1.807) is 0 Å². The van der Waals surface area contributed by atoms with E-state index in [9.17, 15) is 4.79 Å². The molecule has 1 aliphatic heterocycles. The molecule has 0 unspecified atom stereocenters. The molecule has 1 aliphatic rings. The molecule has 0 bridgehead atoms. The molecule has 0 radical (unpaired) electrons. The van der Waals surface area contributed by atoms with E-state index in [1.807, 2.05) is 60.7 Å². The largest absolute Gasteiger partial charge is 0.457 e. The molecule has 0 spiro atoms. The first kappa shape index (κ1) is 12.9. The molecule has 0 amide bonds. The normalized spacial score (nSPS) is 22.9. The van der Waals surface area contributed by atoms with Crippen molar-refractivity contribution in [3.8, 4) is 0 Å². The summed E-state index contributed by atoms with van der Waals surface area (Å²) in [7, 11) is 0. The standard InChI is InChI=1S/C18H18O2/c19-18-16(14-8-3-1-4-9-14)12-7-13-17(20-18)15-10-5-2-6-11-15/h1-6,8-11,16-17H,7,12-13H2/t16-,17+/m0/s1. The van der Waals surface area contributed by atoms with E-state index in [2.05, 4.69) is 0 Å². The molecule has 0 saturated carbocycles. The number of hydrogen-bond donors (Lipinski definition) is 0. The highest BCUT2D eigenvalue weighted by atomic mass is 16.5. The van der Waals surface area contributed by atoms with Gasteiger partial charge in [-0.2, -0.15) is 0 Å². The quantitative estimate of drug-likeness (QED) is 0.760. The van der Waals surface area contributed by atoms with Crippen molar-refractivity contribution in [1.29, 1.82) is 0 Å². The van der Waals surface area contributed by atoms with E-state index in [1.165, 1.54) is 0 Å². The topological polar surface area (TPSA) is 26.3 Å². The Balaban J connectivity index is 1.79. The fourth-order valence-corrected chi connectivity index (χ4v) is 2.80. The van der Waals surface area contributed by atoms with Crippen LogP contribution in [0.2, 0.25) is 0 Å². The summed E-state index contributed by atoms with van der Waals surface area (Å²) in [6, 6.07) is 20.0. The maximum atomic E-state index is 12.4. The summed E-state index contributed by atoms with van der Waals surface area (Å²) >= 11 is 0. The van der Waals surface area contributed by atoms with Gasteiger partial charge in [-0.15, -0.1) is 0 Å². The van der Waals surface area contributed by atoms with E-state index in [-0.39, 0.29) is 18.0 Å². The lowest BCUT2D eigenvalue weighted by molar-refractivity contribution is -0.150. The highest BCUT2D eigenvalue weighted by Crippen LogP contribution is 2.34. The summed E-state index contributed by atoms with van der Waals surface area (Å²) in [5.41, 5.74) is 2.15. The summed E-state index contributed by atoms with van der Waals surface area (Å²) in [4.78, 5) is 12.4. The molecule has 0 N–H and O–H groups in total. The molecular formula is C18H18O2. The van der Waals surface area contributed by atoms with Crippen molar-refractivity contribution in [2.45, 2.75) is 31.3 Å². The number of benzene rings is 2. The van der Waals surface area contributed by atoms with Crippen LogP contribution in [0.15, 0.2) is 60.7 Å². The summed E-state index contributed by atoms with van der Waals surface area (Å²) in [6.07, 6.45) is 2.67. The van der Waals surface area contributed by atoms with Gasteiger partial charge in [-0.3, -0.25) is 4.79 Å². The zero-order valence-electron chi connectivity index (χ0n) is 11.4. The molecule has 2 nitrogen and oxygen atoms in total. The zero-order valence-corrected chi connectivity index (χ0v) is 11.4. The summed E-state index contributed by atoms with van der Waals surface area (Å²) < 4.78 is 5.73. The van der Waals surface area contributed by atoms with Gasteiger partial charge < -0.3 is 4.74 Å². The van der Waals surface area contributed by atoms with Gasteiger partial charge in [0.05, 0.1) is 5.92 Å². The van der Waals surface area contributed by atoms with Gasteiger partial charge in [0.2, 0.25) is 0 Å². The number of carbonyl (C=O) groups excluding carboxylic acids is 1. The van der Waals surface area contributed by atoms with Crippen molar-refractivity contribution in [2.75, 3.05) is 0 Å². The minimum atomic E-state index is -0.120. The Morgan fingerprint density at radius 2 is 1.40 bits per heavy atom. The minimum absolute atomic E-state index is 0.0949. The monoisotopic (exact) mass is 266 g/mol. The van der Waals surface area contributed by atoms with Crippen LogP contribution in [0.1, 0.15) is 42.4 Å². The van der Waals surface area contributed by atoms with E-state index in [0.717, 1.165) is 30.4 Å². The lowest BCUT2D eigenvalue weighted by Gasteiger charge is -2.17. The predicted molar refractivity (Wildman–Crippen MR) is 78.3 cm³/mol. The van der Waals surface area contributed by atoms with Crippen molar-refractivity contribution in [3.63, 3.8) is 0 Å². The lowest BCUT2D eigenvalue weighted by Crippen LogP contribution is -2.15. The molecule has 1 heterocycles. The van der Waals surface area contributed by atoms with Crippen molar-refractivity contribution < 1.29 is 9.53 Å². The van der Waals surface area contributed by atoms with Crippen LogP contribution in [-0.4, -0.2) is 5.97 Å². The van der Waals surface area contributed by atoms with Crippen LogP contribution in [-0.2, 0) is 9.53 Å². The highest BCUT2D eigenvalue weighted by Gasteiger charge is 2.29. The number of hydrogen-bond acceptors (Lipinski definition) is 2. The van der Waals surface area contributed by atoms with E-state index in [4.69, 9.17) is 4.74 Å². The second-order valence-electron chi connectivity index (χ2n) is 5.23. The average molecular weight is 266 g/mol. The Labute approximate surface area is 119 Å². The number of ether oxygens (including phenoxy) is 1. The Kier molecular flexibility index (Phi) is 3.82. The number of cyclic esters (lactones) is 1. The Hall–Kier alpha value is -2.09. The summed E-state index contributed by atoms with van der Waals surface area (Å²) in [6.45, 7) is 0. The smallest absolute Gasteiger partial charge is 0.314 e. The third-order valence-electron chi connectivity index (χ3n) is 3.88. The molecule has 102 valence electrons. The summed E-state index contributed by atoms with van der Waals surface area (Å²) in [5, 5.41) is 0. The van der Waals surface area contributed by atoms with Crippen molar-refractivity contribution in [3.05, 3.63) is 71.8 Å². The molecule has 2 atom stereocenters. The van der Waals surface area contributed by atoms with Gasteiger partial charge in [-0.05, 0) is 30.4 Å². The third kappa shape index (κ3) is 2.74. The number of rotatable bonds is 2.